The van der Waals surface area contributed by atoms with Crippen LogP contribution in [0.4, 0.5) is 5.82 Å². The lowest BCUT2D eigenvalue weighted by atomic mass is 10.1. The predicted molar refractivity (Wildman–Crippen MR) is 87.3 cm³/mol. The SMILES string of the molecule is Cc1cc(NC(=O)CNC(=O)CCCc2ccccc2Cl)no1. The van der Waals surface area contributed by atoms with Crippen molar-refractivity contribution >= 4 is 29.2 Å². The number of halogens is 1. The Morgan fingerprint density at radius 2 is 2.04 bits per heavy atom. The molecule has 2 rings (SSSR count). The maximum atomic E-state index is 11.7. The Balaban J connectivity index is 1.65. The molecule has 0 aliphatic rings. The summed E-state index contributed by atoms with van der Waals surface area (Å²) in [5.41, 5.74) is 1.01. The van der Waals surface area contributed by atoms with Crippen LogP contribution in [0.3, 0.4) is 0 Å². The first-order chi connectivity index (χ1) is 11.0. The molecule has 0 radical (unpaired) electrons. The van der Waals surface area contributed by atoms with E-state index in [0.717, 1.165) is 12.0 Å². The van der Waals surface area contributed by atoms with Crippen LogP contribution in [-0.4, -0.2) is 23.5 Å². The van der Waals surface area contributed by atoms with Gasteiger partial charge in [0.05, 0.1) is 6.54 Å². The fraction of sp³-hybridized carbons (Fsp3) is 0.312. The Kier molecular flexibility index (Phi) is 6.17. The van der Waals surface area contributed by atoms with Crippen LogP contribution in [0.5, 0.6) is 0 Å². The highest BCUT2D eigenvalue weighted by Crippen LogP contribution is 2.17. The molecule has 0 spiro atoms. The first-order valence-corrected chi connectivity index (χ1v) is 7.65. The van der Waals surface area contributed by atoms with Crippen molar-refractivity contribution in [1.29, 1.82) is 0 Å². The van der Waals surface area contributed by atoms with Gasteiger partial charge in [-0.15, -0.1) is 0 Å². The Morgan fingerprint density at radius 1 is 1.26 bits per heavy atom. The first kappa shape index (κ1) is 17.0. The lowest BCUT2D eigenvalue weighted by Gasteiger charge is -2.06. The number of amides is 2. The zero-order valence-electron chi connectivity index (χ0n) is 12.8. The highest BCUT2D eigenvalue weighted by Gasteiger charge is 2.08. The van der Waals surface area contributed by atoms with E-state index in [1.165, 1.54) is 0 Å². The minimum Gasteiger partial charge on any atom is -0.360 e. The molecule has 2 N–H and O–H groups in total. The second kappa shape index (κ2) is 8.33. The summed E-state index contributed by atoms with van der Waals surface area (Å²) in [5, 5.41) is 9.45. The quantitative estimate of drug-likeness (QED) is 0.814. The van der Waals surface area contributed by atoms with E-state index < -0.39 is 0 Å². The molecule has 23 heavy (non-hydrogen) atoms. The highest BCUT2D eigenvalue weighted by atomic mass is 35.5. The van der Waals surface area contributed by atoms with Gasteiger partial charge in [-0.05, 0) is 31.4 Å². The van der Waals surface area contributed by atoms with Gasteiger partial charge in [-0.1, -0.05) is 35.0 Å². The molecular weight excluding hydrogens is 318 g/mol. The molecular formula is C16H18ClN3O3. The van der Waals surface area contributed by atoms with E-state index in [1.807, 2.05) is 24.3 Å². The van der Waals surface area contributed by atoms with Gasteiger partial charge in [0.1, 0.15) is 5.76 Å². The monoisotopic (exact) mass is 335 g/mol. The van der Waals surface area contributed by atoms with E-state index >= 15 is 0 Å². The zero-order valence-corrected chi connectivity index (χ0v) is 13.5. The summed E-state index contributed by atoms with van der Waals surface area (Å²) in [6.45, 7) is 1.63. The lowest BCUT2D eigenvalue weighted by Crippen LogP contribution is -2.32. The zero-order chi connectivity index (χ0) is 16.7. The van der Waals surface area contributed by atoms with Crippen LogP contribution in [0.15, 0.2) is 34.9 Å². The molecule has 6 nitrogen and oxygen atoms in total. The van der Waals surface area contributed by atoms with E-state index in [2.05, 4.69) is 15.8 Å². The number of nitrogens with one attached hydrogen (secondary N) is 2. The number of aryl methyl sites for hydroxylation is 2. The molecule has 7 heteroatoms. The minimum absolute atomic E-state index is 0.100. The molecule has 1 heterocycles. The smallest absolute Gasteiger partial charge is 0.245 e. The average molecular weight is 336 g/mol. The predicted octanol–water partition coefficient (Wildman–Crippen LogP) is 2.71. The first-order valence-electron chi connectivity index (χ1n) is 7.28. The molecule has 2 aromatic rings. The molecule has 0 saturated heterocycles. The van der Waals surface area contributed by atoms with Crippen molar-refractivity contribution in [3.8, 4) is 0 Å². The Bertz CT molecular complexity index is 685. The van der Waals surface area contributed by atoms with Crippen LogP contribution in [0, 0.1) is 6.92 Å². The van der Waals surface area contributed by atoms with E-state index in [1.54, 1.807) is 13.0 Å². The third-order valence-electron chi connectivity index (χ3n) is 3.15. The van der Waals surface area contributed by atoms with Crippen molar-refractivity contribution in [2.24, 2.45) is 0 Å². The number of anilines is 1. The lowest BCUT2D eigenvalue weighted by molar-refractivity contribution is -0.124. The van der Waals surface area contributed by atoms with Gasteiger partial charge in [0, 0.05) is 17.5 Å². The number of carbonyl (C=O) groups excluding carboxylic acids is 2. The summed E-state index contributed by atoms with van der Waals surface area (Å²) in [6, 6.07) is 9.15. The number of carbonyl (C=O) groups is 2. The van der Waals surface area contributed by atoms with Crippen LogP contribution in [-0.2, 0) is 16.0 Å². The van der Waals surface area contributed by atoms with Gasteiger partial charge in [-0.2, -0.15) is 0 Å². The van der Waals surface area contributed by atoms with Gasteiger partial charge in [0.25, 0.3) is 0 Å². The fourth-order valence-corrected chi connectivity index (χ4v) is 2.25. The normalized spacial score (nSPS) is 10.3. The molecule has 2 amide bonds. The van der Waals surface area contributed by atoms with Gasteiger partial charge in [0.15, 0.2) is 5.82 Å². The van der Waals surface area contributed by atoms with E-state index in [-0.39, 0.29) is 18.4 Å². The van der Waals surface area contributed by atoms with Crippen LogP contribution in [0.25, 0.3) is 0 Å². The van der Waals surface area contributed by atoms with Crippen LogP contribution < -0.4 is 10.6 Å². The summed E-state index contributed by atoms with van der Waals surface area (Å²) in [5.74, 6) is 0.408. The van der Waals surface area contributed by atoms with Crippen LogP contribution >= 0.6 is 11.6 Å². The van der Waals surface area contributed by atoms with Gasteiger partial charge in [-0.25, -0.2) is 0 Å². The van der Waals surface area contributed by atoms with Gasteiger partial charge in [-0.3, -0.25) is 9.59 Å². The van der Waals surface area contributed by atoms with Crippen molar-refractivity contribution in [3.63, 3.8) is 0 Å². The molecule has 0 bridgehead atoms. The standard InChI is InChI=1S/C16H18ClN3O3/c1-11-9-14(20-23-11)19-16(22)10-18-15(21)8-4-6-12-5-2-3-7-13(12)17/h2-3,5,7,9H,4,6,8,10H2,1H3,(H,18,21)(H,19,20,22). The molecule has 0 saturated carbocycles. The van der Waals surface area contributed by atoms with Crippen molar-refractivity contribution in [2.75, 3.05) is 11.9 Å². The number of aromatic nitrogens is 1. The molecule has 0 unspecified atom stereocenters. The maximum absolute atomic E-state index is 11.7. The van der Waals surface area contributed by atoms with Gasteiger partial charge in [0.2, 0.25) is 11.8 Å². The maximum Gasteiger partial charge on any atom is 0.245 e. The van der Waals surface area contributed by atoms with Crippen molar-refractivity contribution in [1.82, 2.24) is 10.5 Å². The topological polar surface area (TPSA) is 84.2 Å². The fourth-order valence-electron chi connectivity index (χ4n) is 2.02. The average Bonchev–Trinajstić information content (AvgIpc) is 2.92. The minimum atomic E-state index is -0.349. The molecule has 0 atom stereocenters. The van der Waals surface area contributed by atoms with E-state index in [9.17, 15) is 9.59 Å². The number of benzene rings is 1. The number of hydrogen-bond acceptors (Lipinski definition) is 4. The van der Waals surface area contributed by atoms with Crippen LogP contribution in [0.2, 0.25) is 5.02 Å². The molecule has 0 aliphatic heterocycles. The van der Waals surface area contributed by atoms with Gasteiger partial charge >= 0.3 is 0 Å². The molecule has 122 valence electrons. The Labute approximate surface area is 139 Å². The molecule has 0 aliphatic carbocycles. The van der Waals surface area contributed by atoms with Crippen molar-refractivity contribution in [3.05, 3.63) is 46.7 Å². The highest BCUT2D eigenvalue weighted by molar-refractivity contribution is 6.31. The second-order valence-electron chi connectivity index (χ2n) is 5.09. The van der Waals surface area contributed by atoms with E-state index in [4.69, 9.17) is 16.1 Å². The van der Waals surface area contributed by atoms with E-state index in [0.29, 0.717) is 29.4 Å². The summed E-state index contributed by atoms with van der Waals surface area (Å²) >= 11 is 6.05. The number of rotatable bonds is 7. The molecule has 1 aromatic carbocycles. The largest absolute Gasteiger partial charge is 0.360 e. The summed E-state index contributed by atoms with van der Waals surface area (Å²) < 4.78 is 4.83. The molecule has 0 fully saturated rings. The molecule has 1 aromatic heterocycles. The second-order valence-corrected chi connectivity index (χ2v) is 5.50. The number of nitrogens with zero attached hydrogens (tertiary/aromatic N) is 1. The number of hydrogen-bond donors (Lipinski definition) is 2. The Morgan fingerprint density at radius 3 is 2.74 bits per heavy atom. The van der Waals surface area contributed by atoms with Gasteiger partial charge < -0.3 is 15.2 Å². The van der Waals surface area contributed by atoms with Crippen molar-refractivity contribution < 1.29 is 14.1 Å². The summed E-state index contributed by atoms with van der Waals surface area (Å²) in [4.78, 5) is 23.4. The Hall–Kier alpha value is -2.34. The summed E-state index contributed by atoms with van der Waals surface area (Å²) in [6.07, 6.45) is 1.72. The third kappa shape index (κ3) is 5.75. The van der Waals surface area contributed by atoms with Crippen molar-refractivity contribution in [2.45, 2.75) is 26.2 Å². The van der Waals surface area contributed by atoms with Crippen LogP contribution in [0.1, 0.15) is 24.2 Å². The third-order valence-corrected chi connectivity index (χ3v) is 3.52. The summed E-state index contributed by atoms with van der Waals surface area (Å²) in [7, 11) is 0.